The van der Waals surface area contributed by atoms with Crippen molar-refractivity contribution in [2.75, 3.05) is 17.3 Å². The molecule has 2 heterocycles. The van der Waals surface area contributed by atoms with Crippen LogP contribution < -0.4 is 10.2 Å². The number of amides is 2. The van der Waals surface area contributed by atoms with Gasteiger partial charge in [0.1, 0.15) is 11.5 Å². The predicted octanol–water partition coefficient (Wildman–Crippen LogP) is 3.70. The van der Waals surface area contributed by atoms with E-state index in [4.69, 9.17) is 0 Å². The third-order valence-electron chi connectivity index (χ3n) is 4.60. The molecule has 0 unspecified atom stereocenters. The quantitative estimate of drug-likeness (QED) is 0.515. The van der Waals surface area contributed by atoms with Gasteiger partial charge in [-0.15, -0.1) is 16.4 Å². The molecule has 0 aliphatic heterocycles. The van der Waals surface area contributed by atoms with Gasteiger partial charge in [0.15, 0.2) is 5.82 Å². The number of para-hydroxylation sites is 1. The number of thiophene rings is 1. The van der Waals surface area contributed by atoms with Crippen molar-refractivity contribution in [3.8, 4) is 5.69 Å². The summed E-state index contributed by atoms with van der Waals surface area (Å²) < 4.78 is 15.5. The fourth-order valence-electron chi connectivity index (χ4n) is 3.04. The number of halogens is 1. The first-order valence-electron chi connectivity index (χ1n) is 9.22. The van der Waals surface area contributed by atoms with Crippen molar-refractivity contribution in [2.24, 2.45) is 0 Å². The molecule has 4 rings (SSSR count). The highest BCUT2D eigenvalue weighted by atomic mass is 32.1. The highest BCUT2D eigenvalue weighted by molar-refractivity contribution is 7.12. The molecule has 2 aromatic heterocycles. The molecule has 0 aliphatic rings. The molecule has 2 aromatic carbocycles. The Labute approximate surface area is 180 Å². The molecule has 0 radical (unpaired) electrons. The molecular weight excluding hydrogens is 419 g/mol. The van der Waals surface area contributed by atoms with Gasteiger partial charge < -0.3 is 10.2 Å². The monoisotopic (exact) mass is 436 g/mol. The Kier molecular flexibility index (Phi) is 5.54. The van der Waals surface area contributed by atoms with E-state index >= 15 is 0 Å². The Hall–Kier alpha value is -3.92. The molecule has 156 valence electrons. The van der Waals surface area contributed by atoms with E-state index in [1.165, 1.54) is 39.1 Å². The summed E-state index contributed by atoms with van der Waals surface area (Å²) in [7, 11) is 1.62. The molecule has 8 nitrogen and oxygen atoms in total. The van der Waals surface area contributed by atoms with E-state index in [1.54, 1.807) is 50.4 Å². The van der Waals surface area contributed by atoms with Crippen molar-refractivity contribution in [2.45, 2.75) is 6.92 Å². The van der Waals surface area contributed by atoms with E-state index in [-0.39, 0.29) is 11.6 Å². The molecule has 31 heavy (non-hydrogen) atoms. The summed E-state index contributed by atoms with van der Waals surface area (Å²) >= 11 is 1.33. The van der Waals surface area contributed by atoms with Crippen molar-refractivity contribution >= 4 is 34.5 Å². The summed E-state index contributed by atoms with van der Waals surface area (Å²) in [6.07, 6.45) is 0. The van der Waals surface area contributed by atoms with Gasteiger partial charge in [0.05, 0.1) is 16.1 Å². The largest absolute Gasteiger partial charge is 0.322 e. The van der Waals surface area contributed by atoms with Gasteiger partial charge in [0.2, 0.25) is 0 Å². The normalized spacial score (nSPS) is 10.7. The smallest absolute Gasteiger partial charge is 0.268 e. The molecule has 0 bridgehead atoms. The van der Waals surface area contributed by atoms with Gasteiger partial charge in [0, 0.05) is 12.7 Å². The van der Waals surface area contributed by atoms with Crippen LogP contribution in [-0.4, -0.2) is 39.1 Å². The van der Waals surface area contributed by atoms with E-state index in [1.807, 2.05) is 5.38 Å². The van der Waals surface area contributed by atoms with Crippen LogP contribution in [0.5, 0.6) is 0 Å². The molecule has 4 aromatic rings. The Morgan fingerprint density at radius 2 is 1.94 bits per heavy atom. The van der Waals surface area contributed by atoms with E-state index in [2.05, 4.69) is 20.8 Å². The van der Waals surface area contributed by atoms with Gasteiger partial charge in [-0.3, -0.25) is 9.59 Å². The molecular formula is C21H17FN6O2S. The zero-order chi connectivity index (χ0) is 22.0. The van der Waals surface area contributed by atoms with E-state index in [0.29, 0.717) is 27.6 Å². The van der Waals surface area contributed by atoms with Gasteiger partial charge in [-0.2, -0.15) is 4.68 Å². The summed E-state index contributed by atoms with van der Waals surface area (Å²) in [5.74, 6) is -0.780. The first kappa shape index (κ1) is 20.4. The summed E-state index contributed by atoms with van der Waals surface area (Å²) in [5.41, 5.74) is 1.23. The summed E-state index contributed by atoms with van der Waals surface area (Å²) in [5, 5.41) is 15.6. The van der Waals surface area contributed by atoms with Crippen LogP contribution in [0.2, 0.25) is 0 Å². The third-order valence-corrected chi connectivity index (χ3v) is 5.46. The summed E-state index contributed by atoms with van der Waals surface area (Å²) in [6.45, 7) is 1.64. The van der Waals surface area contributed by atoms with Crippen molar-refractivity contribution in [1.82, 2.24) is 20.2 Å². The van der Waals surface area contributed by atoms with Gasteiger partial charge in [-0.05, 0) is 59.1 Å². The number of hydrogen-bond donors (Lipinski definition) is 1. The van der Waals surface area contributed by atoms with Gasteiger partial charge in [-0.25, -0.2) is 4.39 Å². The standard InChI is InChI=1S/C21H17FN6O2S/c1-13-24-25-26-28(13)18-12-14(9-10-16(18)22)23-20(29)15-6-3-4-7-17(15)27(2)21(30)19-8-5-11-31-19/h3-12H,1-2H3,(H,23,29). The maximum Gasteiger partial charge on any atom is 0.268 e. The van der Waals surface area contributed by atoms with Crippen LogP contribution in [0, 0.1) is 12.7 Å². The second-order valence-corrected chi connectivity index (χ2v) is 7.56. The number of anilines is 2. The predicted molar refractivity (Wildman–Crippen MR) is 115 cm³/mol. The second kappa shape index (κ2) is 8.44. The van der Waals surface area contributed by atoms with Crippen LogP contribution in [0.3, 0.4) is 0 Å². The maximum absolute atomic E-state index is 14.3. The lowest BCUT2D eigenvalue weighted by atomic mass is 10.1. The topological polar surface area (TPSA) is 93.0 Å². The van der Waals surface area contributed by atoms with Crippen molar-refractivity contribution in [3.05, 3.63) is 82.1 Å². The maximum atomic E-state index is 14.3. The summed E-state index contributed by atoms with van der Waals surface area (Å²) in [4.78, 5) is 27.7. The van der Waals surface area contributed by atoms with Crippen LogP contribution >= 0.6 is 11.3 Å². The minimum absolute atomic E-state index is 0.110. The Morgan fingerprint density at radius 3 is 2.65 bits per heavy atom. The first-order valence-corrected chi connectivity index (χ1v) is 10.1. The van der Waals surface area contributed by atoms with Crippen LogP contribution in [0.25, 0.3) is 5.69 Å². The fraction of sp³-hybridized carbons (Fsp3) is 0.0952. The van der Waals surface area contributed by atoms with Crippen molar-refractivity contribution < 1.29 is 14.0 Å². The third kappa shape index (κ3) is 4.05. The lowest BCUT2D eigenvalue weighted by Gasteiger charge is -2.20. The molecule has 0 saturated heterocycles. The number of nitrogens with one attached hydrogen (secondary N) is 1. The van der Waals surface area contributed by atoms with Gasteiger partial charge in [-0.1, -0.05) is 18.2 Å². The molecule has 0 spiro atoms. The van der Waals surface area contributed by atoms with Crippen molar-refractivity contribution in [1.29, 1.82) is 0 Å². The Morgan fingerprint density at radius 1 is 1.13 bits per heavy atom. The molecule has 0 aliphatic carbocycles. The van der Waals surface area contributed by atoms with Crippen molar-refractivity contribution in [3.63, 3.8) is 0 Å². The van der Waals surface area contributed by atoms with E-state index < -0.39 is 11.7 Å². The Balaban J connectivity index is 1.62. The van der Waals surface area contributed by atoms with Crippen LogP contribution in [0.15, 0.2) is 60.0 Å². The number of nitrogens with zero attached hydrogens (tertiary/aromatic N) is 5. The molecule has 1 N–H and O–H groups in total. The average Bonchev–Trinajstić information content (AvgIpc) is 3.46. The second-order valence-electron chi connectivity index (χ2n) is 6.62. The fourth-order valence-corrected chi connectivity index (χ4v) is 3.74. The molecule has 0 saturated carbocycles. The Bertz CT molecular complexity index is 1250. The van der Waals surface area contributed by atoms with Crippen LogP contribution in [-0.2, 0) is 0 Å². The first-order chi connectivity index (χ1) is 15.0. The number of rotatable bonds is 5. The number of aryl methyl sites for hydroxylation is 1. The zero-order valence-corrected chi connectivity index (χ0v) is 17.4. The lowest BCUT2D eigenvalue weighted by molar-refractivity contribution is 0.0996. The molecule has 10 heteroatoms. The zero-order valence-electron chi connectivity index (χ0n) is 16.6. The number of aromatic nitrogens is 4. The van der Waals surface area contributed by atoms with Crippen LogP contribution in [0.4, 0.5) is 15.8 Å². The van der Waals surface area contributed by atoms with E-state index in [0.717, 1.165) is 0 Å². The van der Waals surface area contributed by atoms with Crippen LogP contribution in [0.1, 0.15) is 25.9 Å². The minimum Gasteiger partial charge on any atom is -0.322 e. The number of benzene rings is 2. The number of hydrogen-bond acceptors (Lipinski definition) is 6. The highest BCUT2D eigenvalue weighted by Gasteiger charge is 2.21. The number of carbonyl (C=O) groups is 2. The molecule has 2 amide bonds. The molecule has 0 atom stereocenters. The van der Waals surface area contributed by atoms with Gasteiger partial charge >= 0.3 is 0 Å². The summed E-state index contributed by atoms with van der Waals surface area (Å²) in [6, 6.07) is 14.4. The highest BCUT2D eigenvalue weighted by Crippen LogP contribution is 2.25. The number of carbonyl (C=O) groups excluding carboxylic acids is 2. The average molecular weight is 436 g/mol. The SMILES string of the molecule is Cc1nnnn1-c1cc(NC(=O)c2ccccc2N(C)C(=O)c2cccs2)ccc1F. The lowest BCUT2D eigenvalue weighted by Crippen LogP contribution is -2.28. The molecule has 0 fully saturated rings. The number of tetrazole rings is 1. The van der Waals surface area contributed by atoms with E-state index in [9.17, 15) is 14.0 Å². The minimum atomic E-state index is -0.532. The van der Waals surface area contributed by atoms with Gasteiger partial charge in [0.25, 0.3) is 11.8 Å².